The molecule has 1 amide bonds. The zero-order valence-corrected chi connectivity index (χ0v) is 17.0. The van der Waals surface area contributed by atoms with Gasteiger partial charge in [-0.2, -0.15) is 4.31 Å². The SMILES string of the molecule is CCN(CC)S(=O)(=O)c1cc(NC(=O)Cc2ccc(OC)cc2)ccc1C. The fraction of sp³-hybridized carbons (Fsp3) is 0.350. The predicted molar refractivity (Wildman–Crippen MR) is 107 cm³/mol. The van der Waals surface area contributed by atoms with E-state index in [0.29, 0.717) is 24.3 Å². The topological polar surface area (TPSA) is 75.7 Å². The van der Waals surface area contributed by atoms with Gasteiger partial charge < -0.3 is 10.1 Å². The molecule has 1 N–H and O–H groups in total. The average Bonchev–Trinajstić information content (AvgIpc) is 2.64. The highest BCUT2D eigenvalue weighted by atomic mass is 32.2. The molecule has 0 heterocycles. The molecule has 0 unspecified atom stereocenters. The minimum Gasteiger partial charge on any atom is -0.497 e. The van der Waals surface area contributed by atoms with Gasteiger partial charge in [-0.05, 0) is 42.3 Å². The van der Waals surface area contributed by atoms with E-state index in [1.54, 1.807) is 52.1 Å². The second-order valence-corrected chi connectivity index (χ2v) is 8.05. The number of hydrogen-bond acceptors (Lipinski definition) is 4. The van der Waals surface area contributed by atoms with E-state index >= 15 is 0 Å². The Balaban J connectivity index is 2.18. The standard InChI is InChI=1S/C20H26N2O4S/c1-5-22(6-2)27(24,25)19-14-17(10-7-15(19)3)21-20(23)13-16-8-11-18(26-4)12-9-16/h7-12,14H,5-6,13H2,1-4H3,(H,21,23). The Hall–Kier alpha value is -2.38. The Labute approximate surface area is 161 Å². The maximum atomic E-state index is 12.8. The quantitative estimate of drug-likeness (QED) is 0.751. The smallest absolute Gasteiger partial charge is 0.243 e. The molecule has 0 aliphatic rings. The Bertz CT molecular complexity index is 889. The maximum Gasteiger partial charge on any atom is 0.243 e. The van der Waals surface area contributed by atoms with Gasteiger partial charge in [-0.1, -0.05) is 32.0 Å². The minimum atomic E-state index is -3.59. The van der Waals surface area contributed by atoms with Crippen LogP contribution in [0.1, 0.15) is 25.0 Å². The zero-order chi connectivity index (χ0) is 20.0. The second-order valence-electron chi connectivity index (χ2n) is 6.14. The van der Waals surface area contributed by atoms with E-state index in [-0.39, 0.29) is 17.2 Å². The summed E-state index contributed by atoms with van der Waals surface area (Å²) < 4.78 is 32.1. The highest BCUT2D eigenvalue weighted by molar-refractivity contribution is 7.89. The van der Waals surface area contributed by atoms with Gasteiger partial charge in [0.25, 0.3) is 0 Å². The van der Waals surface area contributed by atoms with Gasteiger partial charge >= 0.3 is 0 Å². The van der Waals surface area contributed by atoms with Crippen LogP contribution in [0.4, 0.5) is 5.69 Å². The van der Waals surface area contributed by atoms with Crippen molar-refractivity contribution >= 4 is 21.6 Å². The number of aryl methyl sites for hydroxylation is 1. The number of hydrogen-bond donors (Lipinski definition) is 1. The largest absolute Gasteiger partial charge is 0.497 e. The Morgan fingerprint density at radius 3 is 2.26 bits per heavy atom. The summed E-state index contributed by atoms with van der Waals surface area (Å²) in [6.07, 6.45) is 0.190. The highest BCUT2D eigenvalue weighted by Crippen LogP contribution is 2.24. The summed E-state index contributed by atoms with van der Waals surface area (Å²) in [6, 6.07) is 12.2. The molecule has 6 nitrogen and oxygen atoms in total. The van der Waals surface area contributed by atoms with Crippen molar-refractivity contribution in [1.29, 1.82) is 0 Å². The van der Waals surface area contributed by atoms with Crippen LogP contribution in [0.3, 0.4) is 0 Å². The van der Waals surface area contributed by atoms with Crippen molar-refractivity contribution in [3.05, 3.63) is 53.6 Å². The van der Waals surface area contributed by atoms with E-state index in [1.807, 2.05) is 12.1 Å². The molecule has 0 radical (unpaired) electrons. The van der Waals surface area contributed by atoms with E-state index in [9.17, 15) is 13.2 Å². The van der Waals surface area contributed by atoms with Crippen molar-refractivity contribution in [2.24, 2.45) is 0 Å². The third-order valence-corrected chi connectivity index (χ3v) is 6.51. The average molecular weight is 391 g/mol. The fourth-order valence-corrected chi connectivity index (χ4v) is 4.50. The van der Waals surface area contributed by atoms with Crippen molar-refractivity contribution in [2.75, 3.05) is 25.5 Å². The summed E-state index contributed by atoms with van der Waals surface area (Å²) in [4.78, 5) is 12.5. The van der Waals surface area contributed by atoms with Crippen LogP contribution < -0.4 is 10.1 Å². The van der Waals surface area contributed by atoms with Gasteiger partial charge in [0, 0.05) is 18.8 Å². The summed E-state index contributed by atoms with van der Waals surface area (Å²) in [5, 5.41) is 2.78. The number of benzene rings is 2. The van der Waals surface area contributed by atoms with Gasteiger partial charge in [0.1, 0.15) is 5.75 Å². The summed E-state index contributed by atoms with van der Waals surface area (Å²) in [5.41, 5.74) is 1.95. The molecule has 2 rings (SSSR count). The van der Waals surface area contributed by atoms with Crippen LogP contribution in [-0.2, 0) is 21.2 Å². The first-order valence-corrected chi connectivity index (χ1v) is 10.3. The van der Waals surface area contributed by atoms with Crippen LogP contribution in [0.25, 0.3) is 0 Å². The van der Waals surface area contributed by atoms with Crippen LogP contribution in [0, 0.1) is 6.92 Å². The van der Waals surface area contributed by atoms with Crippen molar-refractivity contribution in [1.82, 2.24) is 4.31 Å². The molecule has 27 heavy (non-hydrogen) atoms. The molecule has 0 atom stereocenters. The van der Waals surface area contributed by atoms with Gasteiger partial charge in [-0.25, -0.2) is 8.42 Å². The molecule has 0 aromatic heterocycles. The first kappa shape index (κ1) is 20.9. The number of amides is 1. The van der Waals surface area contributed by atoms with E-state index in [4.69, 9.17) is 4.74 Å². The fourth-order valence-electron chi connectivity index (χ4n) is 2.79. The van der Waals surface area contributed by atoms with Gasteiger partial charge in [0.2, 0.25) is 15.9 Å². The monoisotopic (exact) mass is 390 g/mol. The number of rotatable bonds is 8. The number of ether oxygens (including phenoxy) is 1. The first-order chi connectivity index (χ1) is 12.8. The van der Waals surface area contributed by atoms with E-state index in [0.717, 1.165) is 11.3 Å². The summed E-state index contributed by atoms with van der Waals surface area (Å²) in [5.74, 6) is 0.513. The van der Waals surface area contributed by atoms with Crippen LogP contribution in [0.5, 0.6) is 5.75 Å². The molecular weight excluding hydrogens is 364 g/mol. The summed E-state index contributed by atoms with van der Waals surface area (Å²) >= 11 is 0. The Kier molecular flexibility index (Phi) is 6.98. The molecule has 0 fully saturated rings. The van der Waals surface area contributed by atoms with Crippen LogP contribution >= 0.6 is 0 Å². The molecule has 0 saturated heterocycles. The van der Waals surface area contributed by atoms with Crippen LogP contribution in [-0.4, -0.2) is 38.8 Å². The van der Waals surface area contributed by atoms with Crippen LogP contribution in [0.15, 0.2) is 47.4 Å². The normalized spacial score (nSPS) is 11.4. The van der Waals surface area contributed by atoms with Gasteiger partial charge in [0.05, 0.1) is 18.4 Å². The zero-order valence-electron chi connectivity index (χ0n) is 16.2. The predicted octanol–water partition coefficient (Wildman–Crippen LogP) is 3.22. The van der Waals surface area contributed by atoms with Crippen LogP contribution in [0.2, 0.25) is 0 Å². The molecule has 7 heteroatoms. The number of carbonyl (C=O) groups is 1. The Morgan fingerprint density at radius 2 is 1.70 bits per heavy atom. The number of nitrogens with zero attached hydrogens (tertiary/aromatic N) is 1. The molecule has 2 aromatic carbocycles. The maximum absolute atomic E-state index is 12.8. The van der Waals surface area contributed by atoms with Gasteiger partial charge in [-0.15, -0.1) is 0 Å². The molecule has 0 aliphatic heterocycles. The second kappa shape index (κ2) is 9.01. The number of methoxy groups -OCH3 is 1. The molecule has 2 aromatic rings. The van der Waals surface area contributed by atoms with Gasteiger partial charge in [0.15, 0.2) is 0 Å². The number of nitrogens with one attached hydrogen (secondary N) is 1. The molecule has 0 saturated carbocycles. The lowest BCUT2D eigenvalue weighted by atomic mass is 10.1. The van der Waals surface area contributed by atoms with E-state index < -0.39 is 10.0 Å². The summed E-state index contributed by atoms with van der Waals surface area (Å²) in [7, 11) is -2.00. The molecule has 0 bridgehead atoms. The number of sulfonamides is 1. The van der Waals surface area contributed by atoms with Gasteiger partial charge in [-0.3, -0.25) is 4.79 Å². The molecule has 0 aliphatic carbocycles. The van der Waals surface area contributed by atoms with Crippen molar-refractivity contribution in [3.63, 3.8) is 0 Å². The Morgan fingerprint density at radius 1 is 1.07 bits per heavy atom. The lowest BCUT2D eigenvalue weighted by Crippen LogP contribution is -2.31. The number of anilines is 1. The van der Waals surface area contributed by atoms with Crippen molar-refractivity contribution < 1.29 is 17.9 Å². The highest BCUT2D eigenvalue weighted by Gasteiger charge is 2.24. The third-order valence-electron chi connectivity index (χ3n) is 4.32. The lowest BCUT2D eigenvalue weighted by Gasteiger charge is -2.20. The third kappa shape index (κ3) is 5.08. The van der Waals surface area contributed by atoms with Crippen molar-refractivity contribution in [3.8, 4) is 5.75 Å². The van der Waals surface area contributed by atoms with Crippen molar-refractivity contribution in [2.45, 2.75) is 32.1 Å². The van der Waals surface area contributed by atoms with E-state index in [1.165, 1.54) is 10.4 Å². The molecule has 146 valence electrons. The van der Waals surface area contributed by atoms with E-state index in [2.05, 4.69) is 5.32 Å². The first-order valence-electron chi connectivity index (χ1n) is 8.85. The summed E-state index contributed by atoms with van der Waals surface area (Å²) in [6.45, 7) is 6.14. The lowest BCUT2D eigenvalue weighted by molar-refractivity contribution is -0.115. The molecular formula is C20H26N2O4S. The minimum absolute atomic E-state index is 0.190. The molecule has 0 spiro atoms. The number of carbonyl (C=O) groups excluding carboxylic acids is 1.